The second kappa shape index (κ2) is 10.9. The molecule has 0 amide bonds. The zero-order chi connectivity index (χ0) is 24.3. The molecule has 3 aliphatic rings. The summed E-state index contributed by atoms with van der Waals surface area (Å²) >= 11 is 0. The van der Waals surface area contributed by atoms with Gasteiger partial charge >= 0.3 is 0 Å². The van der Waals surface area contributed by atoms with E-state index in [-0.39, 0.29) is 29.9 Å². The third-order valence-corrected chi connectivity index (χ3v) is 8.62. The lowest BCUT2D eigenvalue weighted by Gasteiger charge is -2.40. The Kier molecular flexibility index (Phi) is 7.62. The van der Waals surface area contributed by atoms with Gasteiger partial charge in [-0.1, -0.05) is 12.1 Å². The van der Waals surface area contributed by atoms with Gasteiger partial charge in [0.15, 0.2) is 5.82 Å². The van der Waals surface area contributed by atoms with Gasteiger partial charge in [-0.2, -0.15) is 23.0 Å². The van der Waals surface area contributed by atoms with E-state index in [1.54, 1.807) is 18.3 Å². The molecule has 2 aliphatic carbocycles. The van der Waals surface area contributed by atoms with E-state index in [0.29, 0.717) is 32.0 Å². The maximum atomic E-state index is 13.6. The Hall–Kier alpha value is -2.14. The van der Waals surface area contributed by atoms with E-state index >= 15 is 0 Å². The van der Waals surface area contributed by atoms with Gasteiger partial charge in [0.1, 0.15) is 5.82 Å². The summed E-state index contributed by atoms with van der Waals surface area (Å²) < 4.78 is 50.8. The Balaban J connectivity index is 1.19. The van der Waals surface area contributed by atoms with E-state index in [2.05, 4.69) is 24.5 Å². The highest BCUT2D eigenvalue weighted by Crippen LogP contribution is 2.35. The van der Waals surface area contributed by atoms with Crippen molar-refractivity contribution in [2.75, 3.05) is 24.6 Å². The van der Waals surface area contributed by atoms with Gasteiger partial charge in [0, 0.05) is 37.3 Å². The van der Waals surface area contributed by atoms with Crippen molar-refractivity contribution in [1.29, 1.82) is 0 Å². The lowest BCUT2D eigenvalue weighted by atomic mass is 9.82. The zero-order valence-electron chi connectivity index (χ0n) is 19.9. The lowest BCUT2D eigenvalue weighted by molar-refractivity contribution is -0.00218. The van der Waals surface area contributed by atoms with Crippen molar-refractivity contribution >= 4 is 16.0 Å². The van der Waals surface area contributed by atoms with Gasteiger partial charge in [-0.15, -0.1) is 5.10 Å². The first-order chi connectivity index (χ1) is 16.9. The third kappa shape index (κ3) is 6.75. The number of rotatable bonds is 9. The minimum Gasteiger partial charge on any atom is -0.378 e. The molecule has 2 saturated carbocycles. The Morgan fingerprint density at radius 2 is 1.86 bits per heavy atom. The maximum absolute atomic E-state index is 13.6. The van der Waals surface area contributed by atoms with E-state index in [0.717, 1.165) is 49.9 Å². The summed E-state index contributed by atoms with van der Waals surface area (Å²) in [5.74, 6) is 0.962. The number of anilines is 1. The Bertz CT molecular complexity index is 1080. The number of nitrogens with zero attached hydrogens (tertiary/aromatic N) is 3. The number of piperidine rings is 1. The number of halogens is 1. The summed E-state index contributed by atoms with van der Waals surface area (Å²) in [6.07, 6.45) is 8.01. The molecule has 1 saturated heterocycles. The van der Waals surface area contributed by atoms with E-state index in [1.165, 1.54) is 6.07 Å². The Morgan fingerprint density at radius 1 is 1.03 bits per heavy atom. The molecule has 5 rings (SSSR count). The predicted molar refractivity (Wildman–Crippen MR) is 132 cm³/mol. The summed E-state index contributed by atoms with van der Waals surface area (Å²) in [5, 5.41) is 8.23. The van der Waals surface area contributed by atoms with Crippen molar-refractivity contribution in [3.05, 3.63) is 54.0 Å². The van der Waals surface area contributed by atoms with Crippen LogP contribution in [-0.2, 0) is 14.9 Å². The number of benzene rings is 1. The van der Waals surface area contributed by atoms with Crippen LogP contribution in [0, 0.1) is 11.7 Å². The quantitative estimate of drug-likeness (QED) is 0.546. The highest BCUT2D eigenvalue weighted by molar-refractivity contribution is 7.87. The number of nitrogens with one attached hydrogen (secondary N) is 2. The summed E-state index contributed by atoms with van der Waals surface area (Å²) in [6.45, 7) is 1.82. The monoisotopic (exact) mass is 503 g/mol. The van der Waals surface area contributed by atoms with Gasteiger partial charge in [-0.3, -0.25) is 0 Å². The van der Waals surface area contributed by atoms with Crippen LogP contribution < -0.4 is 14.3 Å². The Morgan fingerprint density at radius 3 is 2.57 bits per heavy atom. The van der Waals surface area contributed by atoms with Gasteiger partial charge in [-0.05, 0) is 80.7 Å². The van der Waals surface area contributed by atoms with Gasteiger partial charge in [-0.25, -0.2) is 4.39 Å². The molecule has 1 aromatic carbocycles. The molecule has 1 aliphatic heterocycles. The van der Waals surface area contributed by atoms with Crippen LogP contribution in [0.3, 0.4) is 0 Å². The minimum absolute atomic E-state index is 0.0116. The second-order valence-electron chi connectivity index (χ2n) is 10.1. The minimum atomic E-state index is -3.55. The van der Waals surface area contributed by atoms with E-state index in [4.69, 9.17) is 4.74 Å². The Labute approximate surface area is 206 Å². The molecule has 2 aromatic rings. The SMILES string of the molecule is O=S(=O)(NC1CC1)N[C@H]1CCN(c2cccnn2)CC1COC1CCC(c2cccc(F)c2)CC1. The van der Waals surface area contributed by atoms with Crippen LogP contribution in [-0.4, -0.2) is 56.5 Å². The normalized spacial score (nSPS) is 27.6. The molecule has 0 bridgehead atoms. The van der Waals surface area contributed by atoms with Crippen molar-refractivity contribution in [1.82, 2.24) is 19.6 Å². The molecule has 1 aromatic heterocycles. The second-order valence-corrected chi connectivity index (χ2v) is 11.5. The van der Waals surface area contributed by atoms with Crippen LogP contribution in [0.15, 0.2) is 42.6 Å². The van der Waals surface area contributed by atoms with Gasteiger partial charge < -0.3 is 9.64 Å². The van der Waals surface area contributed by atoms with Gasteiger partial charge in [0.25, 0.3) is 10.2 Å². The molecule has 0 spiro atoms. The molecular formula is C25H34FN5O3S. The number of hydrogen-bond donors (Lipinski definition) is 2. The average molecular weight is 504 g/mol. The first-order valence-corrected chi connectivity index (χ1v) is 14.1. The topological polar surface area (TPSA) is 96.5 Å². The van der Waals surface area contributed by atoms with Crippen molar-refractivity contribution in [2.24, 2.45) is 5.92 Å². The van der Waals surface area contributed by atoms with Crippen LogP contribution in [0.4, 0.5) is 10.2 Å². The van der Waals surface area contributed by atoms with Crippen LogP contribution in [0.5, 0.6) is 0 Å². The first-order valence-electron chi connectivity index (χ1n) is 12.6. The summed E-state index contributed by atoms with van der Waals surface area (Å²) in [5.41, 5.74) is 1.06. The first kappa shape index (κ1) is 24.5. The van der Waals surface area contributed by atoms with Gasteiger partial charge in [0.05, 0.1) is 12.7 Å². The lowest BCUT2D eigenvalue weighted by Crippen LogP contribution is -2.55. The zero-order valence-corrected chi connectivity index (χ0v) is 20.7. The van der Waals surface area contributed by atoms with E-state index in [9.17, 15) is 12.8 Å². The molecule has 10 heteroatoms. The maximum Gasteiger partial charge on any atom is 0.277 e. The molecule has 0 radical (unpaired) electrons. The standard InChI is InChI=1S/C25H34FN5O3S/c26-21-4-1-3-19(15-21)18-6-10-23(11-7-18)34-17-20-16-31(25-5-2-13-27-28-25)14-12-24(20)30-35(32,33)29-22-8-9-22/h1-5,13,15,18,20,22-24,29-30H,6-12,14,16-17H2/t18?,20?,23?,24-/m0/s1. The molecule has 3 fully saturated rings. The van der Waals surface area contributed by atoms with Crippen molar-refractivity contribution in [3.63, 3.8) is 0 Å². The highest BCUT2D eigenvalue weighted by Gasteiger charge is 2.36. The van der Waals surface area contributed by atoms with E-state index in [1.807, 2.05) is 18.2 Å². The average Bonchev–Trinajstić information content (AvgIpc) is 3.67. The molecule has 2 N–H and O–H groups in total. The molecule has 1 unspecified atom stereocenters. The fourth-order valence-electron chi connectivity index (χ4n) is 5.26. The number of aromatic nitrogens is 2. The summed E-state index contributed by atoms with van der Waals surface area (Å²) in [4.78, 5) is 2.15. The van der Waals surface area contributed by atoms with Crippen molar-refractivity contribution < 1.29 is 17.5 Å². The number of ether oxygens (including phenoxy) is 1. The largest absolute Gasteiger partial charge is 0.378 e. The molecule has 2 atom stereocenters. The fourth-order valence-corrected chi connectivity index (χ4v) is 6.71. The molecule has 190 valence electrons. The van der Waals surface area contributed by atoms with Crippen molar-refractivity contribution in [3.8, 4) is 0 Å². The van der Waals surface area contributed by atoms with Gasteiger partial charge in [0.2, 0.25) is 0 Å². The van der Waals surface area contributed by atoms with E-state index < -0.39 is 10.2 Å². The predicted octanol–water partition coefficient (Wildman–Crippen LogP) is 3.14. The molecular weight excluding hydrogens is 469 g/mol. The summed E-state index contributed by atoms with van der Waals surface area (Å²) in [7, 11) is -3.55. The third-order valence-electron chi connectivity index (χ3n) is 7.36. The van der Waals surface area contributed by atoms with Crippen LogP contribution in [0.2, 0.25) is 0 Å². The highest BCUT2D eigenvalue weighted by atomic mass is 32.2. The van der Waals surface area contributed by atoms with Crippen LogP contribution >= 0.6 is 0 Å². The summed E-state index contributed by atoms with van der Waals surface area (Å²) in [6, 6.07) is 10.6. The van der Waals surface area contributed by atoms with Crippen molar-refractivity contribution in [2.45, 2.75) is 69.1 Å². The number of hydrogen-bond acceptors (Lipinski definition) is 6. The smallest absolute Gasteiger partial charge is 0.277 e. The molecule has 2 heterocycles. The molecule has 35 heavy (non-hydrogen) atoms. The fraction of sp³-hybridized carbons (Fsp3) is 0.600. The molecule has 8 nitrogen and oxygen atoms in total. The van der Waals surface area contributed by atoms with Crippen LogP contribution in [0.25, 0.3) is 0 Å². The van der Waals surface area contributed by atoms with Crippen LogP contribution in [0.1, 0.15) is 56.4 Å².